The summed E-state index contributed by atoms with van der Waals surface area (Å²) >= 11 is 10.8. The third-order valence-corrected chi connectivity index (χ3v) is 3.84. The molecular weight excluding hydrogens is 351 g/mol. The summed E-state index contributed by atoms with van der Waals surface area (Å²) in [4.78, 5) is 1.48. The molecule has 0 nitrogen and oxygen atoms in total. The second-order valence-corrected chi connectivity index (χ2v) is 5.17. The van der Waals surface area contributed by atoms with Crippen molar-refractivity contribution >= 4 is 35.1 Å². The first-order valence-electron chi connectivity index (χ1n) is 6.65. The zero-order valence-corrected chi connectivity index (χ0v) is 14.5. The van der Waals surface area contributed by atoms with Gasteiger partial charge in [0.25, 0.3) is 0 Å². The summed E-state index contributed by atoms with van der Waals surface area (Å²) in [5.41, 5.74) is 2.01. The first-order chi connectivity index (χ1) is 10.3. The molecule has 0 fully saturated rings. The maximum atomic E-state index is 5.38. The van der Waals surface area contributed by atoms with Gasteiger partial charge in [0.2, 0.25) is 0 Å². The molecule has 0 amide bonds. The molecule has 0 aromatic heterocycles. The van der Waals surface area contributed by atoms with Crippen molar-refractivity contribution in [3.8, 4) is 0 Å². The normalized spacial score (nSPS) is 10.5. The molecule has 0 saturated carbocycles. The Hall–Kier alpha value is -1.52. The molecule has 0 heterocycles. The van der Waals surface area contributed by atoms with Crippen LogP contribution in [-0.2, 0) is 42.0 Å². The molecule has 3 aromatic rings. The minimum atomic E-state index is 0. The number of benzene rings is 2. The Labute approximate surface area is 153 Å². The zero-order valence-electron chi connectivity index (χ0n) is 11.8. The average molecular weight is 366 g/mol. The van der Waals surface area contributed by atoms with E-state index in [1.807, 2.05) is 91.0 Å². The van der Waals surface area contributed by atoms with Crippen LogP contribution in [-0.4, -0.2) is 0 Å². The molecule has 3 heteroatoms. The third kappa shape index (κ3) is 5.70. The van der Waals surface area contributed by atoms with Gasteiger partial charge < -0.3 is 25.3 Å². The van der Waals surface area contributed by atoms with Crippen LogP contribution in [0, 0.1) is 0 Å². The van der Waals surface area contributed by atoms with Crippen LogP contribution in [0.25, 0.3) is 9.81 Å². The second-order valence-electron chi connectivity index (χ2n) is 4.35. The van der Waals surface area contributed by atoms with Gasteiger partial charge >= 0.3 is 0 Å². The summed E-state index contributed by atoms with van der Waals surface area (Å²) in [6, 6.07) is 29.7. The van der Waals surface area contributed by atoms with Crippen molar-refractivity contribution < 1.29 is 16.8 Å². The molecule has 0 atom stereocenters. The van der Waals surface area contributed by atoms with Gasteiger partial charge in [-0.3, -0.25) is 0 Å². The summed E-state index contributed by atoms with van der Waals surface area (Å²) < 4.78 is 0. The molecule has 1 radical (unpaired) electrons. The molecular formula is C19H15CoS2-3. The van der Waals surface area contributed by atoms with E-state index in [0.717, 1.165) is 20.9 Å². The van der Waals surface area contributed by atoms with Gasteiger partial charge in [-0.15, -0.1) is 0 Å². The molecule has 115 valence electrons. The Morgan fingerprint density at radius 2 is 0.955 bits per heavy atom. The molecule has 22 heavy (non-hydrogen) atoms. The third-order valence-electron chi connectivity index (χ3n) is 2.83. The Morgan fingerprint density at radius 3 is 1.23 bits per heavy atom. The molecule has 0 spiro atoms. The van der Waals surface area contributed by atoms with Crippen molar-refractivity contribution in [3.05, 3.63) is 102 Å². The van der Waals surface area contributed by atoms with E-state index in [2.05, 4.69) is 0 Å². The molecule has 3 aromatic carbocycles. The Morgan fingerprint density at radius 1 is 0.591 bits per heavy atom. The standard InChI is InChI=1S/C14H12S2.C5H5.Co/c15-13(11-7-3-1-4-8-11)14(16)12-9-5-2-6-10-12;1-2-4-5-3-1;/h1-10,15-16H;1-5H;/q;-1;/p-2/b14-13-;;. The topological polar surface area (TPSA) is 0 Å². The number of hydrogen-bond donors (Lipinski definition) is 0. The number of rotatable bonds is 2. The van der Waals surface area contributed by atoms with Crippen LogP contribution in [0.2, 0.25) is 0 Å². The second kappa shape index (κ2) is 10.2. The van der Waals surface area contributed by atoms with E-state index in [9.17, 15) is 0 Å². The average Bonchev–Trinajstić information content (AvgIpc) is 3.15. The Kier molecular flexibility index (Phi) is 8.63. The molecule has 0 bridgehead atoms. The maximum absolute atomic E-state index is 5.38. The quantitative estimate of drug-likeness (QED) is 0.355. The molecule has 0 aliphatic carbocycles. The van der Waals surface area contributed by atoms with E-state index < -0.39 is 0 Å². The molecule has 0 aliphatic heterocycles. The van der Waals surface area contributed by atoms with Gasteiger partial charge in [0.1, 0.15) is 0 Å². The fourth-order valence-corrected chi connectivity index (χ4v) is 2.27. The van der Waals surface area contributed by atoms with Crippen LogP contribution < -0.4 is 0 Å². The Balaban J connectivity index is 0.000000344. The van der Waals surface area contributed by atoms with Crippen LogP contribution in [0.1, 0.15) is 11.1 Å². The SMILES string of the molecule is [Co].[S-]/C(=C(\[S-])c1ccccc1)c1ccccc1.c1cc[cH-]c1. The summed E-state index contributed by atoms with van der Waals surface area (Å²) in [6.07, 6.45) is 0. The predicted molar refractivity (Wildman–Crippen MR) is 96.5 cm³/mol. The van der Waals surface area contributed by atoms with Crippen LogP contribution in [0.5, 0.6) is 0 Å². The van der Waals surface area contributed by atoms with E-state index in [4.69, 9.17) is 25.3 Å². The van der Waals surface area contributed by atoms with Crippen LogP contribution in [0.4, 0.5) is 0 Å². The van der Waals surface area contributed by atoms with Crippen LogP contribution >= 0.6 is 0 Å². The van der Waals surface area contributed by atoms with Crippen molar-refractivity contribution in [2.75, 3.05) is 0 Å². The first-order valence-corrected chi connectivity index (χ1v) is 7.46. The van der Waals surface area contributed by atoms with Crippen LogP contribution in [0.15, 0.2) is 91.0 Å². The van der Waals surface area contributed by atoms with Gasteiger partial charge in [-0.25, -0.2) is 12.1 Å². The van der Waals surface area contributed by atoms with Gasteiger partial charge in [-0.05, 0) is 11.1 Å². The molecule has 3 rings (SSSR count). The van der Waals surface area contributed by atoms with Gasteiger partial charge in [0.15, 0.2) is 0 Å². The van der Waals surface area contributed by atoms with Crippen LogP contribution in [0.3, 0.4) is 0 Å². The summed E-state index contributed by atoms with van der Waals surface area (Å²) in [6.45, 7) is 0. The zero-order chi connectivity index (χ0) is 14.9. The summed E-state index contributed by atoms with van der Waals surface area (Å²) in [5.74, 6) is 0. The van der Waals surface area contributed by atoms with E-state index in [0.29, 0.717) is 0 Å². The van der Waals surface area contributed by atoms with Crippen molar-refractivity contribution in [1.82, 2.24) is 0 Å². The van der Waals surface area contributed by atoms with Crippen molar-refractivity contribution in [1.29, 1.82) is 0 Å². The predicted octanol–water partition coefficient (Wildman–Crippen LogP) is 5.01. The largest absolute Gasteiger partial charge is 0.781 e. The maximum Gasteiger partial charge on any atom is 0 e. The van der Waals surface area contributed by atoms with Gasteiger partial charge in [-0.1, -0.05) is 60.7 Å². The van der Waals surface area contributed by atoms with Crippen molar-refractivity contribution in [2.24, 2.45) is 0 Å². The van der Waals surface area contributed by atoms with Gasteiger partial charge in [0.05, 0.1) is 0 Å². The molecule has 0 unspecified atom stereocenters. The van der Waals surface area contributed by atoms with Crippen molar-refractivity contribution in [3.63, 3.8) is 0 Å². The van der Waals surface area contributed by atoms with E-state index in [1.54, 1.807) is 0 Å². The van der Waals surface area contributed by atoms with E-state index in [-0.39, 0.29) is 16.8 Å². The first kappa shape index (κ1) is 18.5. The number of hydrogen-bond acceptors (Lipinski definition) is 2. The summed E-state index contributed by atoms with van der Waals surface area (Å²) in [7, 11) is 0. The minimum absolute atomic E-state index is 0. The fourth-order valence-electron chi connectivity index (χ4n) is 1.76. The fraction of sp³-hybridized carbons (Fsp3) is 0. The van der Waals surface area contributed by atoms with Crippen molar-refractivity contribution in [2.45, 2.75) is 0 Å². The monoisotopic (exact) mass is 366 g/mol. The van der Waals surface area contributed by atoms with E-state index in [1.165, 1.54) is 0 Å². The van der Waals surface area contributed by atoms with Gasteiger partial charge in [0, 0.05) is 16.8 Å². The summed E-state index contributed by atoms with van der Waals surface area (Å²) in [5, 5.41) is 0. The minimum Gasteiger partial charge on any atom is -0.781 e. The molecule has 0 aliphatic rings. The van der Waals surface area contributed by atoms with Gasteiger partial charge in [-0.2, -0.15) is 28.0 Å². The molecule has 0 N–H and O–H groups in total. The Bertz CT molecular complexity index is 594. The smallest absolute Gasteiger partial charge is 0 e. The molecule has 0 saturated heterocycles. The van der Waals surface area contributed by atoms with E-state index >= 15 is 0 Å².